The Hall–Kier alpha value is -0.790. The van der Waals surface area contributed by atoms with Gasteiger partial charge in [0.05, 0.1) is 11.3 Å². The fraction of sp³-hybridized carbons (Fsp3) is 0.462. The van der Waals surface area contributed by atoms with Gasteiger partial charge in [0.2, 0.25) is 0 Å². The summed E-state index contributed by atoms with van der Waals surface area (Å²) in [5, 5.41) is 0. The Morgan fingerprint density at radius 3 is 2.26 bits per heavy atom. The van der Waals surface area contributed by atoms with Gasteiger partial charge in [-0.15, -0.1) is 0 Å². The van der Waals surface area contributed by atoms with Gasteiger partial charge in [0.1, 0.15) is 5.84 Å². The SMILES string of the molecule is CC(C)C(=Nc1ccc(I)c(C(F)(F)F)c1)N(C)C. The highest BCUT2D eigenvalue weighted by atomic mass is 127. The first kappa shape index (κ1) is 16.3. The van der Waals surface area contributed by atoms with Gasteiger partial charge in [0, 0.05) is 23.6 Å². The number of aliphatic imine (C=N–C) groups is 1. The van der Waals surface area contributed by atoms with E-state index in [9.17, 15) is 13.2 Å². The Bertz CT molecular complexity index is 469. The Labute approximate surface area is 124 Å². The monoisotopic (exact) mass is 384 g/mol. The van der Waals surface area contributed by atoms with Crippen molar-refractivity contribution in [1.82, 2.24) is 4.90 Å². The zero-order chi connectivity index (χ0) is 14.8. The predicted molar refractivity (Wildman–Crippen MR) is 79.8 cm³/mol. The standard InChI is InChI=1S/C13H16F3IN2/c1-8(2)12(19(3)4)18-9-5-6-11(17)10(7-9)13(14,15)16/h5-8H,1-4H3. The zero-order valence-electron chi connectivity index (χ0n) is 11.2. The largest absolute Gasteiger partial charge is 0.417 e. The normalized spacial score (nSPS) is 13.0. The molecule has 1 rings (SSSR count). The van der Waals surface area contributed by atoms with Crippen LogP contribution in [-0.4, -0.2) is 24.8 Å². The molecule has 0 aliphatic heterocycles. The average Bonchev–Trinajstić information content (AvgIpc) is 2.25. The quantitative estimate of drug-likeness (QED) is 0.415. The van der Waals surface area contributed by atoms with Crippen LogP contribution in [0.1, 0.15) is 19.4 Å². The first-order valence-corrected chi connectivity index (χ1v) is 6.83. The number of amidine groups is 1. The van der Waals surface area contributed by atoms with Crippen LogP contribution < -0.4 is 0 Å². The predicted octanol–water partition coefficient (Wildman–Crippen LogP) is 4.56. The van der Waals surface area contributed by atoms with Gasteiger partial charge in [0.15, 0.2) is 0 Å². The van der Waals surface area contributed by atoms with Crippen LogP contribution in [0.25, 0.3) is 0 Å². The molecule has 0 heterocycles. The number of benzene rings is 1. The Balaban J connectivity index is 3.26. The lowest BCUT2D eigenvalue weighted by Gasteiger charge is -2.19. The molecule has 2 nitrogen and oxygen atoms in total. The zero-order valence-corrected chi connectivity index (χ0v) is 13.4. The highest BCUT2D eigenvalue weighted by molar-refractivity contribution is 14.1. The van der Waals surface area contributed by atoms with Crippen LogP contribution in [0.3, 0.4) is 0 Å². The molecule has 0 aliphatic carbocycles. The van der Waals surface area contributed by atoms with Crippen LogP contribution in [0.5, 0.6) is 0 Å². The van der Waals surface area contributed by atoms with E-state index in [1.54, 1.807) is 28.7 Å². The molecule has 0 saturated heterocycles. The number of halogens is 4. The second-order valence-electron chi connectivity index (χ2n) is 4.68. The van der Waals surface area contributed by atoms with E-state index in [1.807, 2.05) is 32.8 Å². The van der Waals surface area contributed by atoms with Crippen molar-refractivity contribution < 1.29 is 13.2 Å². The summed E-state index contributed by atoms with van der Waals surface area (Å²) in [5.74, 6) is 0.887. The third kappa shape index (κ3) is 4.36. The van der Waals surface area contributed by atoms with Crippen molar-refractivity contribution >= 4 is 34.1 Å². The molecular weight excluding hydrogens is 368 g/mol. The van der Waals surface area contributed by atoms with E-state index in [4.69, 9.17) is 0 Å². The second kappa shape index (κ2) is 6.11. The number of hydrogen-bond acceptors (Lipinski definition) is 1. The van der Waals surface area contributed by atoms with Crippen LogP contribution in [-0.2, 0) is 6.18 Å². The molecule has 0 unspecified atom stereocenters. The van der Waals surface area contributed by atoms with Gasteiger partial charge in [-0.25, -0.2) is 4.99 Å². The molecule has 0 N–H and O–H groups in total. The summed E-state index contributed by atoms with van der Waals surface area (Å²) < 4.78 is 38.6. The molecule has 0 fully saturated rings. The van der Waals surface area contributed by atoms with Crippen molar-refractivity contribution in [1.29, 1.82) is 0 Å². The fourth-order valence-electron chi connectivity index (χ4n) is 1.68. The first-order chi connectivity index (χ1) is 8.62. The molecule has 0 radical (unpaired) electrons. The Morgan fingerprint density at radius 1 is 1.26 bits per heavy atom. The van der Waals surface area contributed by atoms with Crippen molar-refractivity contribution in [3.63, 3.8) is 0 Å². The molecule has 19 heavy (non-hydrogen) atoms. The summed E-state index contributed by atoms with van der Waals surface area (Å²) in [5.41, 5.74) is -0.318. The van der Waals surface area contributed by atoms with E-state index in [0.29, 0.717) is 5.69 Å². The van der Waals surface area contributed by atoms with Crippen LogP contribution in [0.2, 0.25) is 0 Å². The minimum Gasteiger partial charge on any atom is -0.366 e. The molecule has 0 saturated carbocycles. The third-order valence-corrected chi connectivity index (χ3v) is 3.41. The summed E-state index contributed by atoms with van der Waals surface area (Å²) in [7, 11) is 3.66. The molecular formula is C13H16F3IN2. The molecule has 1 aromatic carbocycles. The smallest absolute Gasteiger partial charge is 0.366 e. The minimum atomic E-state index is -4.35. The maximum Gasteiger partial charge on any atom is 0.417 e. The Morgan fingerprint density at radius 2 is 1.84 bits per heavy atom. The topological polar surface area (TPSA) is 15.6 Å². The summed E-state index contributed by atoms with van der Waals surface area (Å²) in [6.07, 6.45) is -4.35. The summed E-state index contributed by atoms with van der Waals surface area (Å²) >= 11 is 1.68. The third-order valence-electron chi connectivity index (χ3n) is 2.47. The number of alkyl halides is 3. The van der Waals surface area contributed by atoms with Gasteiger partial charge < -0.3 is 4.90 Å². The molecule has 0 spiro atoms. The molecule has 0 aromatic heterocycles. The maximum atomic E-state index is 12.8. The van der Waals surface area contributed by atoms with Gasteiger partial charge in [-0.1, -0.05) is 13.8 Å². The minimum absolute atomic E-state index is 0.142. The highest BCUT2D eigenvalue weighted by Gasteiger charge is 2.33. The molecule has 106 valence electrons. The molecule has 0 atom stereocenters. The van der Waals surface area contributed by atoms with E-state index in [-0.39, 0.29) is 9.49 Å². The second-order valence-corrected chi connectivity index (χ2v) is 5.84. The summed E-state index contributed by atoms with van der Waals surface area (Å²) in [4.78, 5) is 6.13. The maximum absolute atomic E-state index is 12.8. The Kier molecular flexibility index (Phi) is 5.23. The van der Waals surface area contributed by atoms with Crippen LogP contribution >= 0.6 is 22.6 Å². The van der Waals surface area contributed by atoms with E-state index < -0.39 is 11.7 Å². The summed E-state index contributed by atoms with van der Waals surface area (Å²) in [6.45, 7) is 3.91. The number of rotatable bonds is 2. The van der Waals surface area contributed by atoms with E-state index in [2.05, 4.69) is 4.99 Å². The van der Waals surface area contributed by atoms with Crippen molar-refractivity contribution in [2.24, 2.45) is 10.9 Å². The van der Waals surface area contributed by atoms with Gasteiger partial charge >= 0.3 is 6.18 Å². The lowest BCUT2D eigenvalue weighted by Crippen LogP contribution is -2.26. The van der Waals surface area contributed by atoms with Crippen LogP contribution in [0, 0.1) is 9.49 Å². The first-order valence-electron chi connectivity index (χ1n) is 5.75. The van der Waals surface area contributed by atoms with Crippen molar-refractivity contribution in [2.75, 3.05) is 14.1 Å². The van der Waals surface area contributed by atoms with Gasteiger partial charge in [0.25, 0.3) is 0 Å². The molecule has 0 bridgehead atoms. The lowest BCUT2D eigenvalue weighted by molar-refractivity contribution is -0.138. The van der Waals surface area contributed by atoms with Crippen molar-refractivity contribution in [2.45, 2.75) is 20.0 Å². The molecule has 0 aliphatic rings. The average molecular weight is 384 g/mol. The van der Waals surface area contributed by atoms with Crippen molar-refractivity contribution in [3.8, 4) is 0 Å². The summed E-state index contributed by atoms with van der Waals surface area (Å²) in [6, 6.07) is 4.13. The molecule has 6 heteroatoms. The van der Waals surface area contributed by atoms with E-state index >= 15 is 0 Å². The van der Waals surface area contributed by atoms with E-state index in [1.165, 1.54) is 6.07 Å². The van der Waals surface area contributed by atoms with Gasteiger partial charge in [-0.3, -0.25) is 0 Å². The molecule has 0 amide bonds. The molecule has 1 aromatic rings. The fourth-order valence-corrected chi connectivity index (χ4v) is 2.32. The highest BCUT2D eigenvalue weighted by Crippen LogP contribution is 2.35. The van der Waals surface area contributed by atoms with Gasteiger partial charge in [-0.2, -0.15) is 13.2 Å². The number of nitrogens with zero attached hydrogens (tertiary/aromatic N) is 2. The van der Waals surface area contributed by atoms with Crippen molar-refractivity contribution in [3.05, 3.63) is 27.3 Å². The lowest BCUT2D eigenvalue weighted by atomic mass is 10.1. The van der Waals surface area contributed by atoms with Crippen LogP contribution in [0.15, 0.2) is 23.2 Å². The van der Waals surface area contributed by atoms with Crippen LogP contribution in [0.4, 0.5) is 18.9 Å². The van der Waals surface area contributed by atoms with E-state index in [0.717, 1.165) is 11.9 Å². The number of hydrogen-bond donors (Lipinski definition) is 0. The van der Waals surface area contributed by atoms with Gasteiger partial charge in [-0.05, 0) is 40.8 Å².